The van der Waals surface area contributed by atoms with Gasteiger partial charge in [-0.05, 0) is 0 Å². The molecular weight excluding hydrogens is 130 g/mol. The molecule has 2 heterocycles. The van der Waals surface area contributed by atoms with E-state index in [4.69, 9.17) is 0 Å². The second-order valence-electron chi connectivity index (χ2n) is 1.88. The standard InChI is InChI=1S/C6H4N3O/c10-6-2-4-9-5(8-6)1-3-7-9/h1,3-4,7H. The number of hydrogen-bond donors (Lipinski definition) is 1. The van der Waals surface area contributed by atoms with Gasteiger partial charge in [0.1, 0.15) is 0 Å². The van der Waals surface area contributed by atoms with Gasteiger partial charge in [-0.2, -0.15) is 4.98 Å². The number of nitrogens with zero attached hydrogens (tertiary/aromatic N) is 2. The molecule has 1 N–H and O–H groups in total. The molecule has 2 aromatic rings. The van der Waals surface area contributed by atoms with Gasteiger partial charge in [-0.15, -0.1) is 0 Å². The van der Waals surface area contributed by atoms with E-state index >= 15 is 0 Å². The average Bonchev–Trinajstić information content (AvgIpc) is 2.33. The third-order valence-electron chi connectivity index (χ3n) is 1.23. The lowest BCUT2D eigenvalue weighted by Crippen LogP contribution is -2.05. The molecule has 0 saturated carbocycles. The van der Waals surface area contributed by atoms with Crippen LogP contribution in [0.25, 0.3) is 5.65 Å². The van der Waals surface area contributed by atoms with Gasteiger partial charge in [0.05, 0.1) is 6.07 Å². The molecule has 1 radical (unpaired) electrons. The third kappa shape index (κ3) is 0.621. The summed E-state index contributed by atoms with van der Waals surface area (Å²) in [4.78, 5) is 14.2. The Balaban J connectivity index is 2.99. The second-order valence-corrected chi connectivity index (χ2v) is 1.88. The molecule has 0 aromatic carbocycles. The minimum absolute atomic E-state index is 0.334. The second kappa shape index (κ2) is 1.70. The summed E-state index contributed by atoms with van der Waals surface area (Å²) >= 11 is 0. The van der Waals surface area contributed by atoms with Crippen LogP contribution in [0.2, 0.25) is 0 Å². The lowest BCUT2D eigenvalue weighted by Gasteiger charge is -1.86. The van der Waals surface area contributed by atoms with Crippen molar-refractivity contribution >= 4 is 5.65 Å². The Morgan fingerprint density at radius 2 is 2.60 bits per heavy atom. The van der Waals surface area contributed by atoms with Crippen molar-refractivity contribution in [2.24, 2.45) is 0 Å². The minimum Gasteiger partial charge on any atom is -0.300 e. The zero-order valence-electron chi connectivity index (χ0n) is 5.03. The summed E-state index contributed by atoms with van der Waals surface area (Å²) in [6, 6.07) is 4.14. The molecule has 0 bridgehead atoms. The van der Waals surface area contributed by atoms with Gasteiger partial charge in [0.2, 0.25) is 0 Å². The van der Waals surface area contributed by atoms with Crippen molar-refractivity contribution in [3.8, 4) is 0 Å². The zero-order valence-corrected chi connectivity index (χ0v) is 5.03. The Morgan fingerprint density at radius 1 is 1.70 bits per heavy atom. The van der Waals surface area contributed by atoms with Crippen LogP contribution in [-0.2, 0) is 0 Å². The van der Waals surface area contributed by atoms with Crippen LogP contribution in [0.4, 0.5) is 0 Å². The quantitative estimate of drug-likeness (QED) is 0.543. The topological polar surface area (TPSA) is 50.2 Å². The summed E-state index contributed by atoms with van der Waals surface area (Å²) in [5.74, 6) is 0. The van der Waals surface area contributed by atoms with E-state index in [1.54, 1.807) is 16.8 Å². The summed E-state index contributed by atoms with van der Waals surface area (Å²) < 4.78 is 1.61. The van der Waals surface area contributed by atoms with Crippen molar-refractivity contribution in [2.75, 3.05) is 0 Å². The van der Waals surface area contributed by atoms with Gasteiger partial charge in [0.15, 0.2) is 5.65 Å². The summed E-state index contributed by atoms with van der Waals surface area (Å²) in [7, 11) is 0. The molecule has 0 fully saturated rings. The first kappa shape index (κ1) is 5.22. The molecule has 49 valence electrons. The maximum absolute atomic E-state index is 10.6. The largest absolute Gasteiger partial charge is 0.300 e. The van der Waals surface area contributed by atoms with Gasteiger partial charge in [0.25, 0.3) is 5.56 Å². The maximum atomic E-state index is 10.6. The molecule has 2 rings (SSSR count). The molecule has 0 aliphatic rings. The van der Waals surface area contributed by atoms with E-state index in [1.165, 1.54) is 6.20 Å². The van der Waals surface area contributed by atoms with Crippen LogP contribution in [-0.4, -0.2) is 14.6 Å². The minimum atomic E-state index is -0.334. The van der Waals surface area contributed by atoms with Crippen molar-refractivity contribution in [1.82, 2.24) is 14.6 Å². The van der Waals surface area contributed by atoms with Crippen molar-refractivity contribution in [1.29, 1.82) is 0 Å². The number of fused-ring (bicyclic) bond motifs is 1. The predicted molar refractivity (Wildman–Crippen MR) is 34.6 cm³/mol. The fraction of sp³-hybridized carbons (Fsp3) is 0. The number of hydrogen-bond acceptors (Lipinski definition) is 2. The van der Waals surface area contributed by atoms with Crippen LogP contribution >= 0.6 is 0 Å². The normalized spacial score (nSPS) is 10.4. The number of H-pyrrole nitrogens is 1. The van der Waals surface area contributed by atoms with Gasteiger partial charge >= 0.3 is 0 Å². The highest BCUT2D eigenvalue weighted by molar-refractivity contribution is 5.33. The summed E-state index contributed by atoms with van der Waals surface area (Å²) in [5, 5.41) is 2.83. The molecule has 0 spiro atoms. The highest BCUT2D eigenvalue weighted by atomic mass is 16.1. The highest BCUT2D eigenvalue weighted by Crippen LogP contribution is 1.90. The molecule has 4 nitrogen and oxygen atoms in total. The molecule has 0 aliphatic heterocycles. The van der Waals surface area contributed by atoms with Crippen LogP contribution in [0.3, 0.4) is 0 Å². The van der Waals surface area contributed by atoms with E-state index in [0.717, 1.165) is 0 Å². The molecule has 0 saturated heterocycles. The van der Waals surface area contributed by atoms with Crippen LogP contribution in [0, 0.1) is 6.07 Å². The maximum Gasteiger partial charge on any atom is 0.281 e. The highest BCUT2D eigenvalue weighted by Gasteiger charge is 1.91. The third-order valence-corrected chi connectivity index (χ3v) is 1.23. The van der Waals surface area contributed by atoms with Crippen molar-refractivity contribution < 1.29 is 0 Å². The Bertz CT molecular complexity index is 400. The van der Waals surface area contributed by atoms with Gasteiger partial charge in [-0.3, -0.25) is 4.79 Å². The first-order valence-corrected chi connectivity index (χ1v) is 2.81. The van der Waals surface area contributed by atoms with E-state index < -0.39 is 0 Å². The van der Waals surface area contributed by atoms with Gasteiger partial charge in [0, 0.05) is 18.5 Å². The van der Waals surface area contributed by atoms with Crippen LogP contribution in [0.1, 0.15) is 0 Å². The summed E-state index contributed by atoms with van der Waals surface area (Å²) in [5.41, 5.74) is 0.281. The van der Waals surface area contributed by atoms with Crippen LogP contribution in [0.5, 0.6) is 0 Å². The van der Waals surface area contributed by atoms with Gasteiger partial charge in [-0.1, -0.05) is 0 Å². The van der Waals surface area contributed by atoms with Gasteiger partial charge in [-0.25, -0.2) is 4.52 Å². The Labute approximate surface area is 56.1 Å². The first-order valence-electron chi connectivity index (χ1n) is 2.81. The summed E-state index contributed by atoms with van der Waals surface area (Å²) in [6.07, 6.45) is 3.22. The summed E-state index contributed by atoms with van der Waals surface area (Å²) in [6.45, 7) is 0. The SMILES string of the molecule is O=c1[c]cn2[nH]ccc2n1. The van der Waals surface area contributed by atoms with Crippen molar-refractivity contribution in [3.05, 3.63) is 34.9 Å². The number of rotatable bonds is 0. The Kier molecular flexibility index (Phi) is 0.887. The van der Waals surface area contributed by atoms with E-state index in [2.05, 4.69) is 16.1 Å². The van der Waals surface area contributed by atoms with Crippen molar-refractivity contribution in [3.63, 3.8) is 0 Å². The van der Waals surface area contributed by atoms with E-state index in [0.29, 0.717) is 5.65 Å². The molecule has 4 heteroatoms. The van der Waals surface area contributed by atoms with Gasteiger partial charge < -0.3 is 5.10 Å². The lowest BCUT2D eigenvalue weighted by atomic mass is 10.6. The monoisotopic (exact) mass is 134 g/mol. The van der Waals surface area contributed by atoms with Crippen LogP contribution in [0.15, 0.2) is 23.3 Å². The lowest BCUT2D eigenvalue weighted by molar-refractivity contribution is 0.928. The van der Waals surface area contributed by atoms with E-state index in [-0.39, 0.29) is 5.56 Å². The molecule has 0 unspecified atom stereocenters. The number of aromatic amines is 1. The zero-order chi connectivity index (χ0) is 6.97. The molecule has 0 aliphatic carbocycles. The predicted octanol–water partition coefficient (Wildman–Crippen LogP) is -0.177. The Morgan fingerprint density at radius 3 is 3.50 bits per heavy atom. The smallest absolute Gasteiger partial charge is 0.281 e. The molecule has 2 aromatic heterocycles. The van der Waals surface area contributed by atoms with Crippen molar-refractivity contribution in [2.45, 2.75) is 0 Å². The Hall–Kier alpha value is -1.58. The fourth-order valence-electron chi connectivity index (χ4n) is 0.789. The van der Waals surface area contributed by atoms with Crippen LogP contribution < -0.4 is 5.56 Å². The number of nitrogens with one attached hydrogen (secondary N) is 1. The number of aromatic nitrogens is 3. The molecule has 0 atom stereocenters. The van der Waals surface area contributed by atoms with E-state index in [9.17, 15) is 4.79 Å². The fourth-order valence-corrected chi connectivity index (χ4v) is 0.789. The van der Waals surface area contributed by atoms with E-state index in [1.807, 2.05) is 0 Å². The molecule has 0 amide bonds. The molecular formula is C6H4N3O. The first-order chi connectivity index (χ1) is 4.86. The molecule has 10 heavy (non-hydrogen) atoms. The average molecular weight is 134 g/mol.